The van der Waals surface area contributed by atoms with Crippen LogP contribution in [0.3, 0.4) is 0 Å². The zero-order valence-electron chi connectivity index (χ0n) is 10.8. The van der Waals surface area contributed by atoms with Crippen molar-refractivity contribution in [3.8, 4) is 0 Å². The van der Waals surface area contributed by atoms with Crippen LogP contribution in [0.15, 0.2) is 0 Å². The minimum absolute atomic E-state index is 0.105. The Morgan fingerprint density at radius 1 is 1.40 bits per heavy atom. The number of thioether (sulfide) groups is 1. The number of hydrogen-bond donors (Lipinski definition) is 1. The van der Waals surface area contributed by atoms with Gasteiger partial charge in [0.1, 0.15) is 0 Å². The second-order valence-electron chi connectivity index (χ2n) is 5.01. The van der Waals surface area contributed by atoms with Gasteiger partial charge in [0.05, 0.1) is 23.2 Å². The molecule has 2 atom stereocenters. The van der Waals surface area contributed by atoms with Crippen LogP contribution in [0.5, 0.6) is 0 Å². The molecule has 0 aromatic rings. The van der Waals surface area contributed by atoms with Crippen molar-refractivity contribution in [3.05, 3.63) is 0 Å². The molecular weight excluding hydrogens is 326 g/mol. The van der Waals surface area contributed by atoms with Crippen molar-refractivity contribution < 1.29 is 26.7 Å². The van der Waals surface area contributed by atoms with Gasteiger partial charge >= 0.3 is 5.97 Å². The lowest BCUT2D eigenvalue weighted by Crippen LogP contribution is -2.50. The van der Waals surface area contributed by atoms with Gasteiger partial charge in [-0.05, 0) is 6.42 Å². The first kappa shape index (κ1) is 16.1. The number of sulfone groups is 1. The molecule has 0 bridgehead atoms. The molecule has 0 radical (unpaired) electrons. The monoisotopic (exact) mass is 343 g/mol. The fourth-order valence-corrected chi connectivity index (χ4v) is 8.51. The van der Waals surface area contributed by atoms with Crippen molar-refractivity contribution >= 4 is 37.6 Å². The summed E-state index contributed by atoms with van der Waals surface area (Å²) in [5, 5.41) is 7.95. The number of nitrogens with zero attached hydrogens (tertiary/aromatic N) is 1. The highest BCUT2D eigenvalue weighted by Gasteiger charge is 2.43. The van der Waals surface area contributed by atoms with E-state index in [1.807, 2.05) is 0 Å². The fraction of sp³-hybridized carbons (Fsp3) is 0.900. The van der Waals surface area contributed by atoms with Crippen LogP contribution >= 0.6 is 11.8 Å². The van der Waals surface area contributed by atoms with E-state index in [9.17, 15) is 21.6 Å². The molecule has 0 amide bonds. The Morgan fingerprint density at radius 3 is 2.65 bits per heavy atom. The highest BCUT2D eigenvalue weighted by molar-refractivity contribution is 7.99. The molecule has 0 aliphatic carbocycles. The highest BCUT2D eigenvalue weighted by Crippen LogP contribution is 2.28. The molecule has 0 spiro atoms. The number of aliphatic carboxylic acids is 1. The number of carboxylic acid groups (broad SMARTS) is 1. The molecule has 20 heavy (non-hydrogen) atoms. The van der Waals surface area contributed by atoms with E-state index in [1.165, 1.54) is 16.1 Å². The summed E-state index contributed by atoms with van der Waals surface area (Å²) in [5.41, 5.74) is 0. The zero-order chi connectivity index (χ0) is 15.0. The normalized spacial score (nSPS) is 31.2. The molecule has 0 aromatic carbocycles. The first-order valence-electron chi connectivity index (χ1n) is 6.23. The summed E-state index contributed by atoms with van der Waals surface area (Å²) < 4.78 is 49.2. The number of hydrogen-bond acceptors (Lipinski definition) is 6. The molecule has 2 unspecified atom stereocenters. The van der Waals surface area contributed by atoms with Gasteiger partial charge < -0.3 is 5.11 Å². The van der Waals surface area contributed by atoms with Crippen LogP contribution in [0.1, 0.15) is 12.8 Å². The van der Waals surface area contributed by atoms with E-state index in [2.05, 4.69) is 0 Å². The van der Waals surface area contributed by atoms with Gasteiger partial charge in [-0.3, -0.25) is 4.79 Å². The molecular formula is C10H17NO6S3. The molecule has 116 valence electrons. The summed E-state index contributed by atoms with van der Waals surface area (Å²) in [4.78, 5) is 10.8. The third-order valence-corrected chi connectivity index (χ3v) is 8.97. The SMILES string of the molecule is O=C(O)CC1CSCCN1S(=O)(=O)C1CCS(=O)(=O)C1. The summed E-state index contributed by atoms with van der Waals surface area (Å²) in [6.45, 7) is 0.251. The second kappa shape index (κ2) is 5.82. The maximum Gasteiger partial charge on any atom is 0.305 e. The average molecular weight is 343 g/mol. The quantitative estimate of drug-likeness (QED) is 0.725. The summed E-state index contributed by atoms with van der Waals surface area (Å²) in [6.07, 6.45) is -0.139. The molecule has 2 rings (SSSR count). The van der Waals surface area contributed by atoms with E-state index in [0.717, 1.165) is 0 Å². The van der Waals surface area contributed by atoms with Gasteiger partial charge in [0.2, 0.25) is 10.0 Å². The molecule has 2 aliphatic rings. The first-order valence-corrected chi connectivity index (χ1v) is 10.7. The van der Waals surface area contributed by atoms with Crippen LogP contribution in [0.25, 0.3) is 0 Å². The molecule has 10 heteroatoms. The lowest BCUT2D eigenvalue weighted by Gasteiger charge is -2.35. The smallest absolute Gasteiger partial charge is 0.305 e. The van der Waals surface area contributed by atoms with Gasteiger partial charge in [0, 0.05) is 24.1 Å². The molecule has 2 aliphatic heterocycles. The van der Waals surface area contributed by atoms with E-state index in [4.69, 9.17) is 5.11 Å². The topological polar surface area (TPSA) is 109 Å². The fourth-order valence-electron chi connectivity index (χ4n) is 2.52. The van der Waals surface area contributed by atoms with Gasteiger partial charge in [-0.25, -0.2) is 16.8 Å². The van der Waals surface area contributed by atoms with Crippen LogP contribution in [0.2, 0.25) is 0 Å². The predicted octanol–water partition coefficient (Wildman–Crippen LogP) is -0.605. The maximum atomic E-state index is 12.5. The van der Waals surface area contributed by atoms with Gasteiger partial charge in [-0.2, -0.15) is 16.1 Å². The van der Waals surface area contributed by atoms with Gasteiger partial charge in [-0.15, -0.1) is 0 Å². The van der Waals surface area contributed by atoms with E-state index in [0.29, 0.717) is 11.5 Å². The molecule has 2 saturated heterocycles. The Morgan fingerprint density at radius 2 is 2.10 bits per heavy atom. The summed E-state index contributed by atoms with van der Waals surface area (Å²) >= 11 is 1.52. The first-order chi connectivity index (χ1) is 9.22. The zero-order valence-corrected chi connectivity index (χ0v) is 13.2. The number of sulfonamides is 1. The van der Waals surface area contributed by atoms with Crippen LogP contribution in [-0.4, -0.2) is 73.1 Å². The Labute approximate surface area is 122 Å². The van der Waals surface area contributed by atoms with Crippen molar-refractivity contribution in [3.63, 3.8) is 0 Å². The minimum Gasteiger partial charge on any atom is -0.481 e. The number of carbonyl (C=O) groups is 1. The van der Waals surface area contributed by atoms with E-state index in [-0.39, 0.29) is 30.9 Å². The molecule has 1 N–H and O–H groups in total. The third kappa shape index (κ3) is 3.46. The molecule has 2 fully saturated rings. The van der Waals surface area contributed by atoms with Crippen molar-refractivity contribution in [1.82, 2.24) is 4.31 Å². The predicted molar refractivity (Wildman–Crippen MR) is 76.1 cm³/mol. The van der Waals surface area contributed by atoms with Crippen molar-refractivity contribution in [1.29, 1.82) is 0 Å². The maximum absolute atomic E-state index is 12.5. The van der Waals surface area contributed by atoms with E-state index >= 15 is 0 Å². The summed E-state index contributed by atoms with van der Waals surface area (Å²) in [6, 6.07) is -0.584. The lowest BCUT2D eigenvalue weighted by atomic mass is 10.2. The van der Waals surface area contributed by atoms with Crippen LogP contribution in [-0.2, 0) is 24.7 Å². The Balaban J connectivity index is 2.20. The van der Waals surface area contributed by atoms with E-state index in [1.54, 1.807) is 0 Å². The van der Waals surface area contributed by atoms with Crippen molar-refractivity contribution in [2.45, 2.75) is 24.1 Å². The minimum atomic E-state index is -3.75. The van der Waals surface area contributed by atoms with Gasteiger partial charge in [-0.1, -0.05) is 0 Å². The van der Waals surface area contributed by atoms with Crippen LogP contribution in [0, 0.1) is 0 Å². The summed E-state index contributed by atoms with van der Waals surface area (Å²) in [7, 11) is -7.04. The Bertz CT molecular complexity index is 584. The Hall–Kier alpha value is -0.320. The second-order valence-corrected chi connectivity index (χ2v) is 10.6. The largest absolute Gasteiger partial charge is 0.481 e. The van der Waals surface area contributed by atoms with Crippen LogP contribution in [0.4, 0.5) is 0 Å². The molecule has 0 saturated carbocycles. The van der Waals surface area contributed by atoms with Crippen molar-refractivity contribution in [2.75, 3.05) is 29.6 Å². The average Bonchev–Trinajstić information content (AvgIpc) is 2.70. The highest BCUT2D eigenvalue weighted by atomic mass is 32.2. The number of carboxylic acids is 1. The van der Waals surface area contributed by atoms with E-state index < -0.39 is 37.1 Å². The van der Waals surface area contributed by atoms with Crippen molar-refractivity contribution in [2.24, 2.45) is 0 Å². The molecule has 7 nitrogen and oxygen atoms in total. The molecule has 0 aromatic heterocycles. The van der Waals surface area contributed by atoms with Crippen LogP contribution < -0.4 is 0 Å². The molecule has 2 heterocycles. The number of rotatable bonds is 4. The summed E-state index contributed by atoms with van der Waals surface area (Å²) in [5.74, 6) is -0.460. The third-order valence-electron chi connectivity index (χ3n) is 3.52. The lowest BCUT2D eigenvalue weighted by molar-refractivity contribution is -0.137. The van der Waals surface area contributed by atoms with Gasteiger partial charge in [0.15, 0.2) is 9.84 Å². The standard InChI is InChI=1S/C10H17NO6S3/c12-10(13)5-8-6-18-3-2-11(8)20(16,17)9-1-4-19(14,15)7-9/h8-9H,1-7H2,(H,12,13). The Kier molecular flexibility index (Phi) is 4.67. The van der Waals surface area contributed by atoms with Gasteiger partial charge in [0.25, 0.3) is 0 Å².